The van der Waals surface area contributed by atoms with Gasteiger partial charge in [-0.05, 0) is 33.0 Å². The molecule has 0 spiro atoms. The molecule has 1 aromatic heterocycles. The molecule has 1 aromatic rings. The van der Waals surface area contributed by atoms with Crippen LogP contribution in [0, 0.1) is 5.92 Å². The van der Waals surface area contributed by atoms with Crippen molar-refractivity contribution < 1.29 is 27.8 Å². The second kappa shape index (κ2) is 8.63. The third-order valence-corrected chi connectivity index (χ3v) is 4.48. The molecule has 2 saturated heterocycles. The zero-order valence-electron chi connectivity index (χ0n) is 14.7. The van der Waals surface area contributed by atoms with Gasteiger partial charge in [-0.15, -0.1) is 0 Å². The van der Waals surface area contributed by atoms with E-state index in [1.54, 1.807) is 0 Å². The first-order chi connectivity index (χ1) is 12.2. The monoisotopic (exact) mass is 376 g/mol. The number of fused-ring (bicyclic) bond motifs is 1. The number of halogens is 3. The Morgan fingerprint density at radius 3 is 2.46 bits per heavy atom. The number of ether oxygens (including phenoxy) is 1. The number of aromatic nitrogens is 2. The van der Waals surface area contributed by atoms with Crippen LogP contribution in [0.2, 0.25) is 0 Å². The second-order valence-electron chi connectivity index (χ2n) is 6.53. The van der Waals surface area contributed by atoms with Crippen LogP contribution in [0.15, 0.2) is 18.5 Å². The van der Waals surface area contributed by atoms with Gasteiger partial charge in [0.15, 0.2) is 0 Å². The van der Waals surface area contributed by atoms with E-state index < -0.39 is 12.1 Å². The van der Waals surface area contributed by atoms with Gasteiger partial charge in [0.05, 0.1) is 12.1 Å². The van der Waals surface area contributed by atoms with E-state index in [4.69, 9.17) is 14.6 Å². The van der Waals surface area contributed by atoms with Gasteiger partial charge >= 0.3 is 12.1 Å². The van der Waals surface area contributed by atoms with Crippen LogP contribution >= 0.6 is 0 Å². The Hall–Kier alpha value is -1.94. The van der Waals surface area contributed by atoms with Gasteiger partial charge in [-0.25, -0.2) is 14.8 Å². The van der Waals surface area contributed by atoms with Crippen LogP contribution in [0.1, 0.15) is 12.8 Å². The van der Waals surface area contributed by atoms with Gasteiger partial charge in [0, 0.05) is 38.0 Å². The molecule has 0 unspecified atom stereocenters. The maximum atomic E-state index is 10.6. The summed E-state index contributed by atoms with van der Waals surface area (Å²) < 4.78 is 37.8. The Kier molecular flexibility index (Phi) is 6.76. The van der Waals surface area contributed by atoms with Gasteiger partial charge < -0.3 is 19.6 Å². The average Bonchev–Trinajstić information content (AvgIpc) is 2.61. The number of hydrogen-bond acceptors (Lipinski definition) is 6. The van der Waals surface area contributed by atoms with Crippen LogP contribution in [0.4, 0.5) is 19.1 Å². The van der Waals surface area contributed by atoms with E-state index in [9.17, 15) is 13.2 Å². The summed E-state index contributed by atoms with van der Waals surface area (Å²) in [7, 11) is 4.27. The van der Waals surface area contributed by atoms with E-state index in [1.165, 1.54) is 12.8 Å². The largest absolute Gasteiger partial charge is 0.490 e. The molecule has 2 aliphatic heterocycles. The number of carboxylic acid groups (broad SMARTS) is 1. The molecule has 1 N–H and O–H groups in total. The van der Waals surface area contributed by atoms with Crippen molar-refractivity contribution in [2.45, 2.75) is 31.2 Å². The predicted octanol–water partition coefficient (Wildman–Crippen LogP) is 1.66. The van der Waals surface area contributed by atoms with Crippen molar-refractivity contribution in [3.8, 4) is 0 Å². The van der Waals surface area contributed by atoms with Gasteiger partial charge in [-0.2, -0.15) is 13.2 Å². The number of carboxylic acids is 1. The second-order valence-corrected chi connectivity index (χ2v) is 6.53. The minimum absolute atomic E-state index is 0.365. The summed E-state index contributed by atoms with van der Waals surface area (Å²) >= 11 is 0. The number of alkyl halides is 3. The fourth-order valence-electron chi connectivity index (χ4n) is 3.25. The molecule has 2 fully saturated rings. The third kappa shape index (κ3) is 5.28. The summed E-state index contributed by atoms with van der Waals surface area (Å²) in [6, 6.07) is 2.28. The molecule has 26 heavy (non-hydrogen) atoms. The van der Waals surface area contributed by atoms with Crippen molar-refractivity contribution in [2.75, 3.05) is 38.7 Å². The number of nitrogens with zero attached hydrogens (tertiary/aromatic N) is 4. The minimum atomic E-state index is -5.08. The zero-order valence-corrected chi connectivity index (χ0v) is 14.7. The first-order valence-corrected chi connectivity index (χ1v) is 8.30. The molecule has 146 valence electrons. The smallest absolute Gasteiger partial charge is 0.475 e. The molecule has 10 heteroatoms. The van der Waals surface area contributed by atoms with Crippen molar-refractivity contribution in [1.82, 2.24) is 14.9 Å². The molecule has 0 radical (unpaired) electrons. The number of likely N-dealkylation sites (N-methyl/N-ethyl adjacent to an activating group) is 1. The van der Waals surface area contributed by atoms with Crippen LogP contribution in [-0.2, 0) is 9.53 Å². The average molecular weight is 376 g/mol. The van der Waals surface area contributed by atoms with Gasteiger partial charge in [0.2, 0.25) is 5.95 Å². The standard InChI is InChI=1S/C14H22N4O.C2HF3O2/c1-17(2)12-10-18(14-15-6-4-7-16-14)9-11-5-3-8-19-13(11)12;3-2(4,5)1(6)7/h4,6-7,11-13H,3,5,8-10H2,1-2H3;(H,6,7)/t11-,12+,13-;/m0./s1. The van der Waals surface area contributed by atoms with Crippen LogP contribution < -0.4 is 4.90 Å². The van der Waals surface area contributed by atoms with Crippen LogP contribution in [0.3, 0.4) is 0 Å². The lowest BCUT2D eigenvalue weighted by atomic mass is 9.85. The Morgan fingerprint density at radius 2 is 1.92 bits per heavy atom. The minimum Gasteiger partial charge on any atom is -0.475 e. The highest BCUT2D eigenvalue weighted by atomic mass is 19.4. The molecule has 0 aliphatic carbocycles. The fraction of sp³-hybridized carbons (Fsp3) is 0.688. The van der Waals surface area contributed by atoms with Gasteiger partial charge in [0.25, 0.3) is 0 Å². The van der Waals surface area contributed by atoms with E-state index in [1.807, 2.05) is 18.5 Å². The van der Waals surface area contributed by atoms with Crippen molar-refractivity contribution in [2.24, 2.45) is 5.92 Å². The van der Waals surface area contributed by atoms with Crippen molar-refractivity contribution in [1.29, 1.82) is 0 Å². The lowest BCUT2D eigenvalue weighted by Gasteiger charge is -2.47. The summed E-state index contributed by atoms with van der Waals surface area (Å²) in [5.41, 5.74) is 0. The van der Waals surface area contributed by atoms with Crippen molar-refractivity contribution >= 4 is 11.9 Å². The molecule has 0 aromatic carbocycles. The maximum absolute atomic E-state index is 10.6. The highest BCUT2D eigenvalue weighted by Crippen LogP contribution is 2.31. The molecule has 3 atom stereocenters. The van der Waals surface area contributed by atoms with Gasteiger partial charge in [-0.3, -0.25) is 0 Å². The molecular formula is C16H23F3N4O3. The number of rotatable bonds is 2. The first kappa shape index (κ1) is 20.4. The van der Waals surface area contributed by atoms with E-state index >= 15 is 0 Å². The lowest BCUT2D eigenvalue weighted by Crippen LogP contribution is -2.60. The summed E-state index contributed by atoms with van der Waals surface area (Å²) in [5, 5.41) is 7.12. The Balaban J connectivity index is 0.000000298. The highest BCUT2D eigenvalue weighted by molar-refractivity contribution is 5.73. The van der Waals surface area contributed by atoms with E-state index in [2.05, 4.69) is 33.9 Å². The quantitative estimate of drug-likeness (QED) is 0.841. The Morgan fingerprint density at radius 1 is 1.31 bits per heavy atom. The summed E-state index contributed by atoms with van der Waals surface area (Å²) in [4.78, 5) is 22.3. The molecule has 0 saturated carbocycles. The summed E-state index contributed by atoms with van der Waals surface area (Å²) in [6.07, 6.45) is 1.33. The van der Waals surface area contributed by atoms with Crippen LogP contribution in [-0.4, -0.2) is 78.1 Å². The normalized spacial score (nSPS) is 25.9. The topological polar surface area (TPSA) is 78.8 Å². The third-order valence-electron chi connectivity index (χ3n) is 4.48. The Bertz CT molecular complexity index is 586. The maximum Gasteiger partial charge on any atom is 0.490 e. The lowest BCUT2D eigenvalue weighted by molar-refractivity contribution is -0.192. The number of carbonyl (C=O) groups is 1. The van der Waals surface area contributed by atoms with E-state index in [0.29, 0.717) is 18.1 Å². The van der Waals surface area contributed by atoms with Gasteiger partial charge in [0.1, 0.15) is 0 Å². The first-order valence-electron chi connectivity index (χ1n) is 8.30. The zero-order chi connectivity index (χ0) is 19.3. The number of piperidine rings is 1. The summed E-state index contributed by atoms with van der Waals surface area (Å²) in [6.45, 7) is 2.87. The molecular weight excluding hydrogens is 353 g/mol. The van der Waals surface area contributed by atoms with E-state index in [-0.39, 0.29) is 0 Å². The fourth-order valence-corrected chi connectivity index (χ4v) is 3.25. The molecule has 2 aliphatic rings. The number of hydrogen-bond donors (Lipinski definition) is 1. The van der Waals surface area contributed by atoms with Crippen molar-refractivity contribution in [3.63, 3.8) is 0 Å². The van der Waals surface area contributed by atoms with Crippen LogP contribution in [0.5, 0.6) is 0 Å². The molecule has 3 heterocycles. The van der Waals surface area contributed by atoms with Crippen molar-refractivity contribution in [3.05, 3.63) is 18.5 Å². The number of aliphatic carboxylic acids is 1. The van der Waals surface area contributed by atoms with Crippen LogP contribution in [0.25, 0.3) is 0 Å². The summed E-state index contributed by atoms with van der Waals surface area (Å²) in [5.74, 6) is -1.32. The predicted molar refractivity (Wildman–Crippen MR) is 87.9 cm³/mol. The Labute approximate surface area is 149 Å². The molecule has 7 nitrogen and oxygen atoms in total. The molecule has 0 bridgehead atoms. The molecule has 3 rings (SSSR count). The SMILES string of the molecule is CN(C)[C@@H]1CN(c2ncccn2)C[C@@H]2CCCO[C@@H]21.O=C(O)C(F)(F)F. The highest BCUT2D eigenvalue weighted by Gasteiger charge is 2.41. The molecule has 0 amide bonds. The number of anilines is 1. The van der Waals surface area contributed by atoms with E-state index in [0.717, 1.165) is 25.6 Å². The van der Waals surface area contributed by atoms with Gasteiger partial charge in [-0.1, -0.05) is 0 Å².